The third-order valence-electron chi connectivity index (χ3n) is 3.79. The molecular formula is C13H21NO5. The van der Waals surface area contributed by atoms with Crippen molar-refractivity contribution >= 4 is 11.9 Å². The Labute approximate surface area is 112 Å². The number of rotatable bonds is 5. The van der Waals surface area contributed by atoms with Crippen LogP contribution < -0.4 is 0 Å². The fraction of sp³-hybridized carbons (Fsp3) is 0.846. The maximum atomic E-state index is 12.1. The van der Waals surface area contributed by atoms with Crippen molar-refractivity contribution in [1.29, 1.82) is 0 Å². The summed E-state index contributed by atoms with van der Waals surface area (Å²) in [5.74, 6) is -0.731. The van der Waals surface area contributed by atoms with Crippen molar-refractivity contribution in [3.05, 3.63) is 0 Å². The first kappa shape index (κ1) is 14.3. The van der Waals surface area contributed by atoms with E-state index in [0.717, 1.165) is 12.8 Å². The molecule has 6 nitrogen and oxygen atoms in total. The SMILES string of the molecule is CCOC1CC(CC(=O)N2CCOCC2C(=O)O)C1. The number of carbonyl (C=O) groups excluding carboxylic acids is 1. The summed E-state index contributed by atoms with van der Waals surface area (Å²) < 4.78 is 10.6. The van der Waals surface area contributed by atoms with Crippen molar-refractivity contribution in [1.82, 2.24) is 4.90 Å². The fourth-order valence-electron chi connectivity index (χ4n) is 2.68. The molecule has 2 fully saturated rings. The van der Waals surface area contributed by atoms with Crippen LogP contribution in [-0.2, 0) is 19.1 Å². The Kier molecular flexibility index (Phi) is 4.76. The first-order valence-electron chi connectivity index (χ1n) is 6.83. The highest BCUT2D eigenvalue weighted by Gasteiger charge is 2.36. The maximum Gasteiger partial charge on any atom is 0.328 e. The Bertz CT molecular complexity index is 340. The molecule has 108 valence electrons. The third kappa shape index (κ3) is 3.45. The van der Waals surface area contributed by atoms with Gasteiger partial charge in [0.1, 0.15) is 0 Å². The molecule has 1 saturated heterocycles. The van der Waals surface area contributed by atoms with Gasteiger partial charge in [-0.2, -0.15) is 0 Å². The van der Waals surface area contributed by atoms with Crippen LogP contribution in [0.15, 0.2) is 0 Å². The van der Waals surface area contributed by atoms with Gasteiger partial charge >= 0.3 is 5.97 Å². The molecule has 2 rings (SSSR count). The highest BCUT2D eigenvalue weighted by Crippen LogP contribution is 2.33. The summed E-state index contributed by atoms with van der Waals surface area (Å²) >= 11 is 0. The summed E-state index contributed by atoms with van der Waals surface area (Å²) in [4.78, 5) is 24.7. The molecule has 1 aliphatic heterocycles. The molecule has 1 saturated carbocycles. The Morgan fingerprint density at radius 1 is 1.42 bits per heavy atom. The number of amides is 1. The molecule has 1 heterocycles. The van der Waals surface area contributed by atoms with Crippen LogP contribution in [0.5, 0.6) is 0 Å². The van der Waals surface area contributed by atoms with Crippen molar-refractivity contribution < 1.29 is 24.2 Å². The second-order valence-electron chi connectivity index (χ2n) is 5.13. The highest BCUT2D eigenvalue weighted by molar-refractivity contribution is 5.84. The Hall–Kier alpha value is -1.14. The van der Waals surface area contributed by atoms with E-state index in [1.165, 1.54) is 4.90 Å². The predicted octanol–water partition coefficient (Wildman–Crippen LogP) is 0.504. The molecule has 0 aromatic carbocycles. The van der Waals surface area contributed by atoms with E-state index >= 15 is 0 Å². The molecule has 2 aliphatic rings. The number of carbonyl (C=O) groups is 2. The number of ether oxygens (including phenoxy) is 2. The standard InChI is InChI=1S/C13H21NO5/c1-2-19-10-5-9(6-10)7-12(15)14-3-4-18-8-11(14)13(16)17/h9-11H,2-8H2,1H3,(H,16,17). The van der Waals surface area contributed by atoms with Gasteiger partial charge in [0.05, 0.1) is 19.3 Å². The lowest BCUT2D eigenvalue weighted by atomic mass is 9.79. The number of carboxylic acids is 1. The summed E-state index contributed by atoms with van der Waals surface area (Å²) in [7, 11) is 0. The first-order valence-corrected chi connectivity index (χ1v) is 6.83. The molecule has 1 atom stereocenters. The Balaban J connectivity index is 1.80. The van der Waals surface area contributed by atoms with Gasteiger partial charge in [-0.3, -0.25) is 4.79 Å². The molecule has 1 N–H and O–H groups in total. The Morgan fingerprint density at radius 2 is 2.16 bits per heavy atom. The van der Waals surface area contributed by atoms with E-state index < -0.39 is 12.0 Å². The number of nitrogens with zero attached hydrogens (tertiary/aromatic N) is 1. The van der Waals surface area contributed by atoms with Gasteiger partial charge in [0, 0.05) is 19.6 Å². The maximum absolute atomic E-state index is 12.1. The molecule has 1 amide bonds. The molecule has 1 unspecified atom stereocenters. The molecule has 0 aromatic rings. The average Bonchev–Trinajstić information content (AvgIpc) is 2.36. The molecule has 0 radical (unpaired) electrons. The van der Waals surface area contributed by atoms with Crippen LogP contribution in [0.2, 0.25) is 0 Å². The van der Waals surface area contributed by atoms with Gasteiger partial charge in [0.25, 0.3) is 0 Å². The van der Waals surface area contributed by atoms with Crippen LogP contribution in [0.3, 0.4) is 0 Å². The monoisotopic (exact) mass is 271 g/mol. The van der Waals surface area contributed by atoms with Gasteiger partial charge in [-0.25, -0.2) is 4.79 Å². The summed E-state index contributed by atoms with van der Waals surface area (Å²) in [5.41, 5.74) is 0. The van der Waals surface area contributed by atoms with E-state index in [-0.39, 0.29) is 18.6 Å². The smallest absolute Gasteiger partial charge is 0.328 e. The second kappa shape index (κ2) is 6.34. The van der Waals surface area contributed by atoms with Crippen molar-refractivity contribution in [2.24, 2.45) is 5.92 Å². The Morgan fingerprint density at radius 3 is 2.79 bits per heavy atom. The first-order chi connectivity index (χ1) is 9.11. The van der Waals surface area contributed by atoms with E-state index in [1.54, 1.807) is 0 Å². The molecule has 0 bridgehead atoms. The van der Waals surface area contributed by atoms with E-state index in [4.69, 9.17) is 14.6 Å². The summed E-state index contributed by atoms with van der Waals surface area (Å²) in [6, 6.07) is -0.830. The lowest BCUT2D eigenvalue weighted by Gasteiger charge is -2.38. The fourth-order valence-corrected chi connectivity index (χ4v) is 2.68. The molecule has 0 aromatic heterocycles. The van der Waals surface area contributed by atoms with Crippen molar-refractivity contribution in [3.8, 4) is 0 Å². The summed E-state index contributed by atoms with van der Waals surface area (Å²) in [6.07, 6.45) is 2.51. The van der Waals surface area contributed by atoms with E-state index in [1.807, 2.05) is 6.92 Å². The lowest BCUT2D eigenvalue weighted by molar-refractivity contribution is -0.159. The van der Waals surface area contributed by atoms with Gasteiger partial charge < -0.3 is 19.5 Å². The van der Waals surface area contributed by atoms with Gasteiger partial charge in [-0.15, -0.1) is 0 Å². The highest BCUT2D eigenvalue weighted by atomic mass is 16.5. The van der Waals surface area contributed by atoms with Crippen molar-refractivity contribution in [2.45, 2.75) is 38.3 Å². The molecule has 0 spiro atoms. The zero-order valence-corrected chi connectivity index (χ0v) is 11.2. The molecule has 19 heavy (non-hydrogen) atoms. The number of hydrogen-bond acceptors (Lipinski definition) is 4. The van der Waals surface area contributed by atoms with Gasteiger partial charge in [0.15, 0.2) is 6.04 Å². The second-order valence-corrected chi connectivity index (χ2v) is 5.13. The number of hydrogen-bond donors (Lipinski definition) is 1. The van der Waals surface area contributed by atoms with E-state index in [2.05, 4.69) is 0 Å². The minimum atomic E-state index is -0.992. The van der Waals surface area contributed by atoms with Crippen LogP contribution in [0.1, 0.15) is 26.2 Å². The lowest BCUT2D eigenvalue weighted by Crippen LogP contribution is -2.53. The molecule has 6 heteroatoms. The van der Waals surface area contributed by atoms with Crippen LogP contribution in [0.25, 0.3) is 0 Å². The molecular weight excluding hydrogens is 250 g/mol. The van der Waals surface area contributed by atoms with Crippen LogP contribution in [0, 0.1) is 5.92 Å². The minimum Gasteiger partial charge on any atom is -0.480 e. The van der Waals surface area contributed by atoms with Crippen LogP contribution in [0.4, 0.5) is 0 Å². The number of carboxylic acid groups (broad SMARTS) is 1. The topological polar surface area (TPSA) is 76.1 Å². The van der Waals surface area contributed by atoms with Gasteiger partial charge in [0.2, 0.25) is 5.91 Å². The van der Waals surface area contributed by atoms with Gasteiger partial charge in [-0.05, 0) is 25.7 Å². The van der Waals surface area contributed by atoms with Crippen molar-refractivity contribution in [2.75, 3.05) is 26.4 Å². The number of aliphatic carboxylic acids is 1. The summed E-state index contributed by atoms with van der Waals surface area (Å²) in [6.45, 7) is 3.55. The third-order valence-corrected chi connectivity index (χ3v) is 3.79. The average molecular weight is 271 g/mol. The zero-order valence-electron chi connectivity index (χ0n) is 11.2. The largest absolute Gasteiger partial charge is 0.480 e. The van der Waals surface area contributed by atoms with Crippen molar-refractivity contribution in [3.63, 3.8) is 0 Å². The van der Waals surface area contributed by atoms with Gasteiger partial charge in [-0.1, -0.05) is 0 Å². The predicted molar refractivity (Wildman–Crippen MR) is 66.7 cm³/mol. The molecule has 1 aliphatic carbocycles. The van der Waals surface area contributed by atoms with Crippen LogP contribution >= 0.6 is 0 Å². The quantitative estimate of drug-likeness (QED) is 0.788. The normalized spacial score (nSPS) is 30.8. The zero-order chi connectivity index (χ0) is 13.8. The minimum absolute atomic E-state index is 0.0735. The van der Waals surface area contributed by atoms with E-state index in [9.17, 15) is 9.59 Å². The van der Waals surface area contributed by atoms with E-state index in [0.29, 0.717) is 32.1 Å². The number of morpholine rings is 1. The summed E-state index contributed by atoms with van der Waals surface area (Å²) in [5, 5.41) is 9.08. The van der Waals surface area contributed by atoms with Crippen LogP contribution in [-0.4, -0.2) is 60.4 Å².